The standard InChI is InChI=1S/C12H18ClN3O2S/c1-9-7-16(8-10(2)15(9)3)19(17,18)11-4-5-14-12(13)6-11/h4-6,9-10H,7-8H2,1-3H3. The van der Waals surface area contributed by atoms with Crippen molar-refractivity contribution in [3.05, 3.63) is 23.5 Å². The summed E-state index contributed by atoms with van der Waals surface area (Å²) < 4.78 is 26.6. The van der Waals surface area contributed by atoms with Crippen LogP contribution in [0.5, 0.6) is 0 Å². The number of sulfonamides is 1. The molecule has 1 aromatic rings. The summed E-state index contributed by atoms with van der Waals surface area (Å²) in [5.74, 6) is 0. The third kappa shape index (κ3) is 2.91. The maximum atomic E-state index is 12.6. The third-order valence-corrected chi connectivity index (χ3v) is 5.70. The molecule has 1 fully saturated rings. The summed E-state index contributed by atoms with van der Waals surface area (Å²) in [4.78, 5) is 6.21. The van der Waals surface area contributed by atoms with Gasteiger partial charge in [0.15, 0.2) is 0 Å². The molecule has 19 heavy (non-hydrogen) atoms. The summed E-state index contributed by atoms with van der Waals surface area (Å²) >= 11 is 5.77. The summed E-state index contributed by atoms with van der Waals surface area (Å²) in [5, 5.41) is 0.191. The summed E-state index contributed by atoms with van der Waals surface area (Å²) in [6.07, 6.45) is 1.41. The Bertz CT molecular complexity index is 552. The van der Waals surface area contributed by atoms with E-state index in [2.05, 4.69) is 9.88 Å². The molecule has 0 amide bonds. The molecule has 1 aliphatic heterocycles. The second-order valence-electron chi connectivity index (χ2n) is 5.00. The van der Waals surface area contributed by atoms with Crippen molar-refractivity contribution in [3.8, 4) is 0 Å². The van der Waals surface area contributed by atoms with Crippen molar-refractivity contribution in [3.63, 3.8) is 0 Å². The Morgan fingerprint density at radius 2 is 1.89 bits per heavy atom. The van der Waals surface area contributed by atoms with Gasteiger partial charge in [-0.1, -0.05) is 11.6 Å². The first-order valence-corrected chi connectivity index (χ1v) is 7.98. The van der Waals surface area contributed by atoms with Gasteiger partial charge in [0.2, 0.25) is 10.0 Å². The number of hydrogen-bond acceptors (Lipinski definition) is 4. The summed E-state index contributed by atoms with van der Waals surface area (Å²) in [6.45, 7) is 5.03. The zero-order valence-electron chi connectivity index (χ0n) is 11.2. The normalized spacial score (nSPS) is 26.5. The van der Waals surface area contributed by atoms with Crippen LogP contribution in [0.4, 0.5) is 0 Å². The van der Waals surface area contributed by atoms with Crippen LogP contribution in [0.25, 0.3) is 0 Å². The smallest absolute Gasteiger partial charge is 0.243 e. The van der Waals surface area contributed by atoms with Crippen LogP contribution in [-0.4, -0.2) is 54.8 Å². The highest BCUT2D eigenvalue weighted by atomic mass is 35.5. The Morgan fingerprint density at radius 3 is 2.42 bits per heavy atom. The van der Waals surface area contributed by atoms with Crippen molar-refractivity contribution in [1.82, 2.24) is 14.2 Å². The molecule has 2 heterocycles. The molecule has 2 atom stereocenters. The molecule has 0 radical (unpaired) electrons. The molecule has 0 bridgehead atoms. The fourth-order valence-electron chi connectivity index (χ4n) is 2.25. The van der Waals surface area contributed by atoms with Crippen LogP contribution >= 0.6 is 11.6 Å². The first-order valence-electron chi connectivity index (χ1n) is 6.16. The second-order valence-corrected chi connectivity index (χ2v) is 7.32. The molecule has 2 unspecified atom stereocenters. The van der Waals surface area contributed by atoms with E-state index in [9.17, 15) is 8.42 Å². The molecule has 0 spiro atoms. The van der Waals surface area contributed by atoms with Gasteiger partial charge < -0.3 is 0 Å². The molecule has 2 rings (SSSR count). The molecule has 0 aliphatic carbocycles. The highest BCUT2D eigenvalue weighted by molar-refractivity contribution is 7.89. The summed E-state index contributed by atoms with van der Waals surface area (Å²) in [5.41, 5.74) is 0. The number of hydrogen-bond donors (Lipinski definition) is 0. The zero-order valence-corrected chi connectivity index (χ0v) is 12.8. The van der Waals surface area contributed by atoms with Gasteiger partial charge in [-0.3, -0.25) is 4.90 Å². The molecule has 0 aromatic carbocycles. The predicted octanol–water partition coefficient (Wildman–Crippen LogP) is 1.45. The molecule has 0 saturated carbocycles. The van der Waals surface area contributed by atoms with Crippen molar-refractivity contribution in [2.24, 2.45) is 0 Å². The molecular formula is C12H18ClN3O2S. The van der Waals surface area contributed by atoms with Crippen molar-refractivity contribution in [2.45, 2.75) is 30.8 Å². The quantitative estimate of drug-likeness (QED) is 0.776. The second kappa shape index (κ2) is 5.36. The van der Waals surface area contributed by atoms with Gasteiger partial charge in [0.1, 0.15) is 5.15 Å². The van der Waals surface area contributed by atoms with Crippen LogP contribution in [0.15, 0.2) is 23.2 Å². The van der Waals surface area contributed by atoms with Gasteiger partial charge in [-0.15, -0.1) is 0 Å². The van der Waals surface area contributed by atoms with Crippen molar-refractivity contribution in [1.29, 1.82) is 0 Å². The summed E-state index contributed by atoms with van der Waals surface area (Å²) in [6, 6.07) is 3.26. The van der Waals surface area contributed by atoms with E-state index in [1.807, 2.05) is 20.9 Å². The lowest BCUT2D eigenvalue weighted by molar-refractivity contribution is 0.105. The molecule has 106 valence electrons. The number of nitrogens with zero attached hydrogens (tertiary/aromatic N) is 3. The Hall–Kier alpha value is -0.690. The minimum absolute atomic E-state index is 0.191. The lowest BCUT2D eigenvalue weighted by atomic mass is 10.1. The van der Waals surface area contributed by atoms with E-state index in [1.54, 1.807) is 0 Å². The van der Waals surface area contributed by atoms with Crippen LogP contribution in [0.1, 0.15) is 13.8 Å². The van der Waals surface area contributed by atoms with Gasteiger partial charge in [-0.05, 0) is 33.0 Å². The van der Waals surface area contributed by atoms with Crippen molar-refractivity contribution in [2.75, 3.05) is 20.1 Å². The third-order valence-electron chi connectivity index (χ3n) is 3.66. The largest absolute Gasteiger partial charge is 0.298 e. The molecule has 1 aromatic heterocycles. The molecule has 5 nitrogen and oxygen atoms in total. The number of halogens is 1. The minimum atomic E-state index is -3.49. The fourth-order valence-corrected chi connectivity index (χ4v) is 4.10. The topological polar surface area (TPSA) is 53.5 Å². The molecule has 7 heteroatoms. The Morgan fingerprint density at radius 1 is 1.32 bits per heavy atom. The van der Waals surface area contributed by atoms with E-state index >= 15 is 0 Å². The maximum absolute atomic E-state index is 12.6. The van der Waals surface area contributed by atoms with E-state index in [0.717, 1.165) is 0 Å². The average Bonchev–Trinajstić information content (AvgIpc) is 2.35. The van der Waals surface area contributed by atoms with Crippen LogP contribution < -0.4 is 0 Å². The van der Waals surface area contributed by atoms with Gasteiger partial charge >= 0.3 is 0 Å². The maximum Gasteiger partial charge on any atom is 0.243 e. The molecular weight excluding hydrogens is 286 g/mol. The number of rotatable bonds is 2. The Balaban J connectivity index is 2.30. The van der Waals surface area contributed by atoms with Crippen LogP contribution in [-0.2, 0) is 10.0 Å². The SMILES string of the molecule is CC1CN(S(=O)(=O)c2ccnc(Cl)c2)CC(C)N1C. The molecule has 1 aliphatic rings. The summed E-state index contributed by atoms with van der Waals surface area (Å²) in [7, 11) is -1.48. The molecule has 1 saturated heterocycles. The Kier molecular flexibility index (Phi) is 4.15. The minimum Gasteiger partial charge on any atom is -0.298 e. The van der Waals surface area contributed by atoms with Crippen molar-refractivity contribution >= 4 is 21.6 Å². The van der Waals surface area contributed by atoms with Crippen molar-refractivity contribution < 1.29 is 8.42 Å². The monoisotopic (exact) mass is 303 g/mol. The van der Waals surface area contributed by atoms with E-state index in [1.165, 1.54) is 22.6 Å². The van der Waals surface area contributed by atoms with Gasteiger partial charge in [0, 0.05) is 31.4 Å². The zero-order chi connectivity index (χ0) is 14.2. The number of piperazine rings is 1. The highest BCUT2D eigenvalue weighted by Gasteiger charge is 2.34. The van der Waals surface area contributed by atoms with Gasteiger partial charge in [0.05, 0.1) is 4.90 Å². The fraction of sp³-hybridized carbons (Fsp3) is 0.583. The van der Waals surface area contributed by atoms with E-state index in [4.69, 9.17) is 11.6 Å². The van der Waals surface area contributed by atoms with Crippen LogP contribution in [0.2, 0.25) is 5.15 Å². The van der Waals surface area contributed by atoms with Gasteiger partial charge in [-0.2, -0.15) is 4.31 Å². The lowest BCUT2D eigenvalue weighted by Gasteiger charge is -2.41. The van der Waals surface area contributed by atoms with Crippen LogP contribution in [0.3, 0.4) is 0 Å². The van der Waals surface area contributed by atoms with E-state index in [-0.39, 0.29) is 22.1 Å². The van der Waals surface area contributed by atoms with Gasteiger partial charge in [0.25, 0.3) is 0 Å². The lowest BCUT2D eigenvalue weighted by Crippen LogP contribution is -2.56. The van der Waals surface area contributed by atoms with E-state index < -0.39 is 10.0 Å². The highest BCUT2D eigenvalue weighted by Crippen LogP contribution is 2.23. The van der Waals surface area contributed by atoms with E-state index in [0.29, 0.717) is 13.1 Å². The first kappa shape index (κ1) is 14.7. The predicted molar refractivity (Wildman–Crippen MR) is 74.7 cm³/mol. The average molecular weight is 304 g/mol. The number of pyridine rings is 1. The molecule has 0 N–H and O–H groups in total. The Labute approximate surface area is 119 Å². The van der Waals surface area contributed by atoms with Gasteiger partial charge in [-0.25, -0.2) is 13.4 Å². The first-order chi connectivity index (χ1) is 8.82. The van der Waals surface area contributed by atoms with Crippen LogP contribution in [0, 0.1) is 0 Å². The number of aromatic nitrogens is 1. The number of likely N-dealkylation sites (N-methyl/N-ethyl adjacent to an activating group) is 1.